The third kappa shape index (κ3) is 6.58. The third-order valence-electron chi connectivity index (χ3n) is 5.24. The number of benzene rings is 1. The van der Waals surface area contributed by atoms with Crippen LogP contribution in [0.25, 0.3) is 22.2 Å². The summed E-state index contributed by atoms with van der Waals surface area (Å²) in [5.74, 6) is -2.88. The fourth-order valence-electron chi connectivity index (χ4n) is 3.51. The minimum atomic E-state index is -5.08. The molecule has 1 unspecified atom stereocenters. The molecule has 14 heteroatoms. The zero-order chi connectivity index (χ0) is 26.0. The number of halogens is 3. The quantitative estimate of drug-likeness (QED) is 0.457. The van der Waals surface area contributed by atoms with Crippen molar-refractivity contribution in [3.05, 3.63) is 48.3 Å². The van der Waals surface area contributed by atoms with Crippen molar-refractivity contribution in [2.75, 3.05) is 11.5 Å². The molecule has 0 saturated carbocycles. The van der Waals surface area contributed by atoms with E-state index in [0.717, 1.165) is 34.3 Å². The zero-order valence-electron chi connectivity index (χ0n) is 18.3. The number of rotatable bonds is 5. The number of H-pyrrole nitrogens is 1. The first-order chi connectivity index (χ1) is 16.2. The molecule has 1 aromatic carbocycles. The van der Waals surface area contributed by atoms with Crippen LogP contribution in [0.2, 0.25) is 0 Å². The van der Waals surface area contributed by atoms with Gasteiger partial charge in [-0.1, -0.05) is 19.1 Å². The number of nitrogens with one attached hydrogen (secondary N) is 2. The van der Waals surface area contributed by atoms with Gasteiger partial charge in [0, 0.05) is 23.3 Å². The maximum atomic E-state index is 12.6. The number of nitrogens with zero attached hydrogens (tertiary/aromatic N) is 1. The smallest absolute Gasteiger partial charge is 0.475 e. The number of hydrogen-bond acceptors (Lipinski definition) is 6. The first-order valence-corrected chi connectivity index (χ1v) is 13.6. The molecule has 2 aromatic heterocycles. The van der Waals surface area contributed by atoms with Crippen LogP contribution in [0.4, 0.5) is 13.2 Å². The number of carbonyl (C=O) groups is 1. The maximum absolute atomic E-state index is 12.6. The van der Waals surface area contributed by atoms with Gasteiger partial charge < -0.3 is 10.1 Å². The van der Waals surface area contributed by atoms with Gasteiger partial charge in [-0.15, -0.1) is 0 Å². The first kappa shape index (κ1) is 26.6. The molecule has 1 aliphatic rings. The highest BCUT2D eigenvalue weighted by Crippen LogP contribution is 2.29. The van der Waals surface area contributed by atoms with E-state index in [1.807, 2.05) is 6.07 Å². The van der Waals surface area contributed by atoms with E-state index >= 15 is 0 Å². The van der Waals surface area contributed by atoms with Crippen LogP contribution in [0.3, 0.4) is 0 Å². The number of aliphatic carboxylic acids is 1. The normalized spacial score (nSPS) is 17.7. The molecular formula is C21H22F3N3O6S2. The molecule has 9 nitrogen and oxygen atoms in total. The number of carboxylic acid groups (broad SMARTS) is 1. The van der Waals surface area contributed by atoms with Crippen LogP contribution < -0.4 is 4.72 Å². The van der Waals surface area contributed by atoms with Crippen LogP contribution in [0, 0.1) is 0 Å². The van der Waals surface area contributed by atoms with Gasteiger partial charge in [-0.25, -0.2) is 31.3 Å². The Bertz CT molecular complexity index is 1430. The van der Waals surface area contributed by atoms with Crippen LogP contribution in [-0.2, 0) is 31.1 Å². The van der Waals surface area contributed by atoms with Crippen molar-refractivity contribution in [3.63, 3.8) is 0 Å². The molecule has 3 N–H and O–H groups in total. The summed E-state index contributed by atoms with van der Waals surface area (Å²) in [6.45, 7) is 2.06. The van der Waals surface area contributed by atoms with Crippen LogP contribution in [0.1, 0.15) is 19.0 Å². The predicted molar refractivity (Wildman–Crippen MR) is 122 cm³/mol. The number of alkyl halides is 3. The van der Waals surface area contributed by atoms with Crippen LogP contribution in [0.5, 0.6) is 0 Å². The van der Waals surface area contributed by atoms with Crippen LogP contribution >= 0.6 is 0 Å². The second-order valence-electron chi connectivity index (χ2n) is 7.82. The number of aromatic amines is 1. The van der Waals surface area contributed by atoms with Crippen molar-refractivity contribution < 1.29 is 39.9 Å². The summed E-state index contributed by atoms with van der Waals surface area (Å²) in [6.07, 6.45) is -2.18. The molecule has 0 spiro atoms. The van der Waals surface area contributed by atoms with Crippen molar-refractivity contribution in [1.29, 1.82) is 0 Å². The average Bonchev–Trinajstić information content (AvgIpc) is 3.35. The molecule has 190 valence electrons. The SMILES string of the molecule is CCc1cc2c(-c3ccc(S(=O)(=O)NC4CCS(=O)(=O)C4)cc3)ccnc2[nH]1.O=C(O)C(F)(F)F. The fraction of sp³-hybridized carbons (Fsp3) is 0.333. The second kappa shape index (κ2) is 9.95. The standard InChI is InChI=1S/C19H21N3O4S2.C2HF3O2/c1-2-14-11-18-17(7-9-20-19(18)21-14)13-3-5-16(6-4-13)28(25,26)22-15-8-10-27(23,24)12-15;3-2(4,5)1(6)7/h3-7,9,11,15,22H,2,8,10,12H2,1H3,(H,20,21);(H,6,7). The zero-order valence-corrected chi connectivity index (χ0v) is 20.0. The Morgan fingerprint density at radius 2 is 1.86 bits per heavy atom. The van der Waals surface area contributed by atoms with Crippen molar-refractivity contribution in [1.82, 2.24) is 14.7 Å². The Morgan fingerprint density at radius 1 is 1.23 bits per heavy atom. The fourth-order valence-corrected chi connectivity index (χ4v) is 6.56. The molecule has 4 rings (SSSR count). The number of carboxylic acids is 1. The monoisotopic (exact) mass is 533 g/mol. The predicted octanol–water partition coefficient (Wildman–Crippen LogP) is 2.89. The van der Waals surface area contributed by atoms with E-state index in [2.05, 4.69) is 27.7 Å². The van der Waals surface area contributed by atoms with E-state index in [1.165, 1.54) is 0 Å². The van der Waals surface area contributed by atoms with Gasteiger partial charge in [0.25, 0.3) is 0 Å². The summed E-state index contributed by atoms with van der Waals surface area (Å²) in [5.41, 5.74) is 3.75. The number of sulfone groups is 1. The summed E-state index contributed by atoms with van der Waals surface area (Å²) in [4.78, 5) is 16.6. The summed E-state index contributed by atoms with van der Waals surface area (Å²) in [6, 6.07) is 10.00. The minimum Gasteiger partial charge on any atom is -0.475 e. The van der Waals surface area contributed by atoms with E-state index in [1.54, 1.807) is 30.5 Å². The Kier molecular flexibility index (Phi) is 7.57. The maximum Gasteiger partial charge on any atom is 0.490 e. The molecule has 1 aliphatic heterocycles. The van der Waals surface area contributed by atoms with Gasteiger partial charge in [0.05, 0.1) is 16.4 Å². The largest absolute Gasteiger partial charge is 0.490 e. The molecule has 1 fully saturated rings. The molecule has 1 atom stereocenters. The lowest BCUT2D eigenvalue weighted by molar-refractivity contribution is -0.192. The number of sulfonamides is 1. The van der Waals surface area contributed by atoms with Crippen molar-refractivity contribution in [3.8, 4) is 11.1 Å². The molecule has 1 saturated heterocycles. The lowest BCUT2D eigenvalue weighted by atomic mass is 10.0. The average molecular weight is 534 g/mol. The van der Waals surface area contributed by atoms with Gasteiger partial charge in [-0.3, -0.25) is 0 Å². The van der Waals surface area contributed by atoms with E-state index in [4.69, 9.17) is 9.90 Å². The van der Waals surface area contributed by atoms with Gasteiger partial charge >= 0.3 is 12.1 Å². The van der Waals surface area contributed by atoms with Gasteiger partial charge in [-0.05, 0) is 48.2 Å². The number of aryl methyl sites for hydroxylation is 1. The highest BCUT2D eigenvalue weighted by Gasteiger charge is 2.38. The van der Waals surface area contributed by atoms with E-state index in [0.29, 0.717) is 6.42 Å². The summed E-state index contributed by atoms with van der Waals surface area (Å²) in [7, 11) is -6.92. The van der Waals surface area contributed by atoms with Crippen molar-refractivity contribution in [2.45, 2.75) is 36.9 Å². The summed E-state index contributed by atoms with van der Waals surface area (Å²) < 4.78 is 82.5. The highest BCUT2D eigenvalue weighted by atomic mass is 32.2. The lowest BCUT2D eigenvalue weighted by Crippen LogP contribution is -2.35. The number of hydrogen-bond donors (Lipinski definition) is 3. The van der Waals surface area contributed by atoms with Crippen LogP contribution in [0.15, 0.2) is 47.5 Å². The Morgan fingerprint density at radius 3 is 2.37 bits per heavy atom. The van der Waals surface area contributed by atoms with E-state index in [9.17, 15) is 30.0 Å². The van der Waals surface area contributed by atoms with Gasteiger partial charge in [0.15, 0.2) is 9.84 Å². The second-order valence-corrected chi connectivity index (χ2v) is 11.8. The molecule has 0 bridgehead atoms. The number of pyridine rings is 1. The Hall–Kier alpha value is -2.97. The van der Waals surface area contributed by atoms with E-state index in [-0.39, 0.29) is 16.4 Å². The molecular weight excluding hydrogens is 511 g/mol. The Balaban J connectivity index is 0.000000429. The molecule has 3 aromatic rings. The highest BCUT2D eigenvalue weighted by molar-refractivity contribution is 7.92. The number of aromatic nitrogens is 2. The van der Waals surface area contributed by atoms with Gasteiger partial charge in [-0.2, -0.15) is 13.2 Å². The van der Waals surface area contributed by atoms with Crippen molar-refractivity contribution in [2.24, 2.45) is 0 Å². The van der Waals surface area contributed by atoms with Gasteiger partial charge in [0.1, 0.15) is 5.65 Å². The topological polar surface area (TPSA) is 146 Å². The van der Waals surface area contributed by atoms with Crippen molar-refractivity contribution >= 4 is 36.9 Å². The molecule has 0 aliphatic carbocycles. The molecule has 0 amide bonds. The number of fused-ring (bicyclic) bond motifs is 1. The summed E-state index contributed by atoms with van der Waals surface area (Å²) in [5, 5.41) is 8.12. The third-order valence-corrected chi connectivity index (χ3v) is 8.55. The minimum absolute atomic E-state index is 0.0214. The molecule has 35 heavy (non-hydrogen) atoms. The van der Waals surface area contributed by atoms with Crippen LogP contribution in [-0.4, -0.2) is 61.6 Å². The molecule has 0 radical (unpaired) electrons. The first-order valence-electron chi connectivity index (χ1n) is 10.3. The summed E-state index contributed by atoms with van der Waals surface area (Å²) >= 11 is 0. The molecule has 3 heterocycles. The van der Waals surface area contributed by atoms with Gasteiger partial charge in [0.2, 0.25) is 10.0 Å². The van der Waals surface area contributed by atoms with E-state index < -0.39 is 38.0 Å². The Labute approximate surface area is 199 Å². The lowest BCUT2D eigenvalue weighted by Gasteiger charge is -2.12.